The highest BCUT2D eigenvalue weighted by Crippen LogP contribution is 2.21. The van der Waals surface area contributed by atoms with E-state index in [1.165, 1.54) is 5.39 Å². The topological polar surface area (TPSA) is 38.3 Å². The van der Waals surface area contributed by atoms with Crippen molar-refractivity contribution in [2.75, 3.05) is 6.54 Å². The molecule has 0 saturated carbocycles. The first-order chi connectivity index (χ1) is 10.2. The molecule has 0 aliphatic heterocycles. The molecule has 2 aromatic rings. The van der Waals surface area contributed by atoms with Gasteiger partial charge in [0.15, 0.2) is 6.10 Å². The van der Waals surface area contributed by atoms with Crippen LogP contribution in [0.1, 0.15) is 33.1 Å². The van der Waals surface area contributed by atoms with E-state index in [4.69, 9.17) is 4.74 Å². The number of nitrogens with one attached hydrogen (secondary N) is 1. The molecule has 1 amide bonds. The molecule has 0 heterocycles. The highest BCUT2D eigenvalue weighted by atomic mass is 16.5. The Morgan fingerprint density at radius 2 is 1.90 bits per heavy atom. The minimum absolute atomic E-state index is 0.0562. The van der Waals surface area contributed by atoms with E-state index in [2.05, 4.69) is 18.3 Å². The molecule has 0 spiro atoms. The van der Waals surface area contributed by atoms with Crippen molar-refractivity contribution in [3.05, 3.63) is 42.5 Å². The van der Waals surface area contributed by atoms with E-state index in [0.29, 0.717) is 0 Å². The molecule has 0 unspecified atom stereocenters. The Labute approximate surface area is 126 Å². The zero-order valence-electron chi connectivity index (χ0n) is 12.8. The highest BCUT2D eigenvalue weighted by molar-refractivity contribution is 5.84. The van der Waals surface area contributed by atoms with Crippen LogP contribution in [0.25, 0.3) is 10.8 Å². The molecule has 1 N–H and O–H groups in total. The summed E-state index contributed by atoms with van der Waals surface area (Å²) >= 11 is 0. The van der Waals surface area contributed by atoms with Gasteiger partial charge >= 0.3 is 0 Å². The molecule has 0 radical (unpaired) electrons. The van der Waals surface area contributed by atoms with Gasteiger partial charge in [0.1, 0.15) is 5.75 Å². The van der Waals surface area contributed by atoms with Crippen LogP contribution in [0.15, 0.2) is 42.5 Å². The smallest absolute Gasteiger partial charge is 0.260 e. The number of unbranched alkanes of at least 4 members (excludes halogenated alkanes) is 2. The number of amides is 1. The number of ether oxygens (including phenoxy) is 1. The van der Waals surface area contributed by atoms with Crippen LogP contribution in [0.2, 0.25) is 0 Å². The van der Waals surface area contributed by atoms with Crippen molar-refractivity contribution in [2.45, 2.75) is 39.2 Å². The third kappa shape index (κ3) is 4.48. The Balaban J connectivity index is 1.91. The lowest BCUT2D eigenvalue weighted by Crippen LogP contribution is -2.36. The minimum atomic E-state index is -0.479. The molecule has 2 rings (SSSR count). The molecule has 112 valence electrons. The fourth-order valence-electron chi connectivity index (χ4n) is 2.23. The van der Waals surface area contributed by atoms with Crippen LogP contribution in [-0.2, 0) is 4.79 Å². The van der Waals surface area contributed by atoms with Gasteiger partial charge in [-0.05, 0) is 36.2 Å². The normalized spacial score (nSPS) is 12.1. The molecule has 0 saturated heterocycles. The fraction of sp³-hybridized carbons (Fsp3) is 0.389. The Morgan fingerprint density at radius 3 is 2.67 bits per heavy atom. The summed E-state index contributed by atoms with van der Waals surface area (Å²) in [4.78, 5) is 11.9. The number of rotatable bonds is 7. The number of hydrogen-bond donors (Lipinski definition) is 1. The molecule has 0 bridgehead atoms. The summed E-state index contributed by atoms with van der Waals surface area (Å²) in [5.41, 5.74) is 0. The molecular weight excluding hydrogens is 262 g/mol. The van der Waals surface area contributed by atoms with Gasteiger partial charge in [0, 0.05) is 6.54 Å². The van der Waals surface area contributed by atoms with E-state index in [1.807, 2.05) is 36.4 Å². The summed E-state index contributed by atoms with van der Waals surface area (Å²) < 4.78 is 5.73. The van der Waals surface area contributed by atoms with E-state index in [-0.39, 0.29) is 5.91 Å². The summed E-state index contributed by atoms with van der Waals surface area (Å²) in [6.45, 7) is 4.65. The Morgan fingerprint density at radius 1 is 1.14 bits per heavy atom. The minimum Gasteiger partial charge on any atom is -0.481 e. The summed E-state index contributed by atoms with van der Waals surface area (Å²) in [5, 5.41) is 5.20. The lowest BCUT2D eigenvalue weighted by Gasteiger charge is -2.15. The second-order valence-electron chi connectivity index (χ2n) is 5.27. The third-order valence-electron chi connectivity index (χ3n) is 3.48. The Hall–Kier alpha value is -2.03. The van der Waals surface area contributed by atoms with Crippen molar-refractivity contribution in [3.63, 3.8) is 0 Å². The molecule has 3 nitrogen and oxygen atoms in total. The van der Waals surface area contributed by atoms with Crippen molar-refractivity contribution in [3.8, 4) is 5.75 Å². The third-order valence-corrected chi connectivity index (χ3v) is 3.48. The van der Waals surface area contributed by atoms with Crippen LogP contribution in [0.4, 0.5) is 0 Å². The zero-order chi connectivity index (χ0) is 15.1. The number of carbonyl (C=O) groups is 1. The van der Waals surface area contributed by atoms with Gasteiger partial charge in [0.05, 0.1) is 0 Å². The van der Waals surface area contributed by atoms with Gasteiger partial charge < -0.3 is 10.1 Å². The van der Waals surface area contributed by atoms with Crippen LogP contribution >= 0.6 is 0 Å². The second-order valence-corrected chi connectivity index (χ2v) is 5.27. The number of fused-ring (bicyclic) bond motifs is 1. The monoisotopic (exact) mass is 285 g/mol. The number of carbonyl (C=O) groups excluding carboxylic acids is 1. The average Bonchev–Trinajstić information content (AvgIpc) is 2.51. The first-order valence-corrected chi connectivity index (χ1v) is 7.64. The lowest BCUT2D eigenvalue weighted by atomic mass is 10.1. The van der Waals surface area contributed by atoms with Crippen LogP contribution in [-0.4, -0.2) is 18.6 Å². The van der Waals surface area contributed by atoms with E-state index in [1.54, 1.807) is 6.92 Å². The van der Waals surface area contributed by atoms with Crippen molar-refractivity contribution in [1.82, 2.24) is 5.32 Å². The first kappa shape index (κ1) is 15.4. The van der Waals surface area contributed by atoms with Gasteiger partial charge in [-0.2, -0.15) is 0 Å². The highest BCUT2D eigenvalue weighted by Gasteiger charge is 2.13. The van der Waals surface area contributed by atoms with E-state index >= 15 is 0 Å². The molecule has 0 aliphatic carbocycles. The maximum absolute atomic E-state index is 11.9. The van der Waals surface area contributed by atoms with Crippen LogP contribution in [0.5, 0.6) is 5.75 Å². The molecule has 21 heavy (non-hydrogen) atoms. The summed E-state index contributed by atoms with van der Waals surface area (Å²) in [7, 11) is 0. The SMILES string of the molecule is CCCCCNC(=O)[C@H](C)Oc1ccc2ccccc2c1. The lowest BCUT2D eigenvalue weighted by molar-refractivity contribution is -0.127. The standard InChI is InChI=1S/C18H23NO2/c1-3-4-7-12-19-18(20)14(2)21-17-11-10-15-8-5-6-9-16(15)13-17/h5-6,8-11,13-14H,3-4,7,12H2,1-2H3,(H,19,20)/t14-/m0/s1. The summed E-state index contributed by atoms with van der Waals surface area (Å²) in [6, 6.07) is 14.0. The van der Waals surface area contributed by atoms with Gasteiger partial charge in [-0.3, -0.25) is 4.79 Å². The maximum atomic E-state index is 11.9. The van der Waals surface area contributed by atoms with E-state index in [0.717, 1.165) is 36.9 Å². The van der Waals surface area contributed by atoms with Crippen molar-refractivity contribution in [1.29, 1.82) is 0 Å². The predicted octanol–water partition coefficient (Wildman–Crippen LogP) is 3.91. The summed E-state index contributed by atoms with van der Waals surface area (Å²) in [6.07, 6.45) is 2.83. The predicted molar refractivity (Wildman–Crippen MR) is 86.6 cm³/mol. The van der Waals surface area contributed by atoms with Crippen LogP contribution < -0.4 is 10.1 Å². The molecular formula is C18H23NO2. The van der Waals surface area contributed by atoms with Crippen LogP contribution in [0, 0.1) is 0 Å². The van der Waals surface area contributed by atoms with Gasteiger partial charge in [-0.15, -0.1) is 0 Å². The molecule has 0 fully saturated rings. The van der Waals surface area contributed by atoms with E-state index in [9.17, 15) is 4.79 Å². The second kappa shape index (κ2) is 7.67. The summed E-state index contributed by atoms with van der Waals surface area (Å²) in [5.74, 6) is 0.671. The molecule has 2 aromatic carbocycles. The average molecular weight is 285 g/mol. The quantitative estimate of drug-likeness (QED) is 0.783. The largest absolute Gasteiger partial charge is 0.481 e. The van der Waals surface area contributed by atoms with Crippen LogP contribution in [0.3, 0.4) is 0 Å². The Bertz CT molecular complexity index is 595. The first-order valence-electron chi connectivity index (χ1n) is 7.64. The van der Waals surface area contributed by atoms with Gasteiger partial charge in [-0.25, -0.2) is 0 Å². The molecule has 3 heteroatoms. The number of hydrogen-bond acceptors (Lipinski definition) is 2. The molecule has 1 atom stereocenters. The molecule has 0 aromatic heterocycles. The fourth-order valence-corrected chi connectivity index (χ4v) is 2.23. The zero-order valence-corrected chi connectivity index (χ0v) is 12.8. The van der Waals surface area contributed by atoms with Gasteiger partial charge in [0.25, 0.3) is 5.91 Å². The van der Waals surface area contributed by atoms with Crippen molar-refractivity contribution >= 4 is 16.7 Å². The van der Waals surface area contributed by atoms with Gasteiger partial charge in [-0.1, -0.05) is 50.1 Å². The Kier molecular flexibility index (Phi) is 5.61. The number of benzene rings is 2. The van der Waals surface area contributed by atoms with Crippen molar-refractivity contribution < 1.29 is 9.53 Å². The molecule has 0 aliphatic rings. The maximum Gasteiger partial charge on any atom is 0.260 e. The van der Waals surface area contributed by atoms with E-state index < -0.39 is 6.10 Å². The van der Waals surface area contributed by atoms with Gasteiger partial charge in [0.2, 0.25) is 0 Å². The van der Waals surface area contributed by atoms with Crippen molar-refractivity contribution in [2.24, 2.45) is 0 Å².